The van der Waals surface area contributed by atoms with Crippen molar-refractivity contribution in [3.63, 3.8) is 0 Å². The lowest BCUT2D eigenvalue weighted by Crippen LogP contribution is -2.27. The SMILES string of the molecule is CC(C)C(=O)c1ccc2c(c1)CCN(CCCCCCCCNC(=O)O)CC2. The van der Waals surface area contributed by atoms with E-state index in [0.29, 0.717) is 6.54 Å². The molecule has 1 aliphatic heterocycles. The van der Waals surface area contributed by atoms with Crippen LogP contribution in [0.2, 0.25) is 0 Å². The summed E-state index contributed by atoms with van der Waals surface area (Å²) in [5.41, 5.74) is 3.61. The Morgan fingerprint density at radius 2 is 1.64 bits per heavy atom. The molecule has 0 aromatic heterocycles. The highest BCUT2D eigenvalue weighted by Gasteiger charge is 2.17. The zero-order valence-electron chi connectivity index (χ0n) is 17.5. The monoisotopic (exact) mass is 388 g/mol. The summed E-state index contributed by atoms with van der Waals surface area (Å²) < 4.78 is 0. The van der Waals surface area contributed by atoms with Gasteiger partial charge in [0, 0.05) is 31.1 Å². The lowest BCUT2D eigenvalue weighted by Gasteiger charge is -2.19. The highest BCUT2D eigenvalue weighted by Crippen LogP contribution is 2.20. The fourth-order valence-electron chi connectivity index (χ4n) is 3.84. The summed E-state index contributed by atoms with van der Waals surface area (Å²) in [6.07, 6.45) is 8.06. The standard InChI is InChI=1S/C23H36N2O3/c1-18(2)22(26)21-10-9-19-11-15-25(16-12-20(19)17-21)14-8-6-4-3-5-7-13-24-23(27)28/h9-10,17-18,24H,3-8,11-16H2,1-2H3,(H,27,28). The van der Waals surface area contributed by atoms with E-state index in [0.717, 1.165) is 50.9 Å². The quantitative estimate of drug-likeness (QED) is 0.431. The predicted octanol–water partition coefficient (Wildman–Crippen LogP) is 4.53. The number of unbranched alkanes of at least 4 members (excludes halogenated alkanes) is 5. The number of amides is 1. The van der Waals surface area contributed by atoms with Gasteiger partial charge in [0.2, 0.25) is 0 Å². The third-order valence-electron chi connectivity index (χ3n) is 5.59. The number of nitrogens with one attached hydrogen (secondary N) is 1. The zero-order valence-corrected chi connectivity index (χ0v) is 17.5. The van der Waals surface area contributed by atoms with Crippen molar-refractivity contribution in [1.82, 2.24) is 10.2 Å². The fourth-order valence-corrected chi connectivity index (χ4v) is 3.84. The van der Waals surface area contributed by atoms with Gasteiger partial charge in [0.25, 0.3) is 0 Å². The van der Waals surface area contributed by atoms with Gasteiger partial charge in [-0.3, -0.25) is 4.79 Å². The van der Waals surface area contributed by atoms with E-state index in [4.69, 9.17) is 5.11 Å². The first-order valence-corrected chi connectivity index (χ1v) is 10.8. The van der Waals surface area contributed by atoms with Crippen molar-refractivity contribution in [2.75, 3.05) is 26.2 Å². The van der Waals surface area contributed by atoms with Crippen molar-refractivity contribution in [2.45, 2.75) is 65.2 Å². The Morgan fingerprint density at radius 1 is 1.00 bits per heavy atom. The largest absolute Gasteiger partial charge is 0.465 e. The van der Waals surface area contributed by atoms with Crippen molar-refractivity contribution in [1.29, 1.82) is 0 Å². The normalized spacial score (nSPS) is 14.5. The first kappa shape index (κ1) is 22.4. The molecule has 156 valence electrons. The van der Waals surface area contributed by atoms with E-state index in [1.54, 1.807) is 0 Å². The van der Waals surface area contributed by atoms with Gasteiger partial charge in [0.05, 0.1) is 0 Å². The summed E-state index contributed by atoms with van der Waals surface area (Å²) >= 11 is 0. The molecule has 1 aliphatic rings. The first-order chi connectivity index (χ1) is 13.5. The van der Waals surface area contributed by atoms with Crippen LogP contribution in [0.3, 0.4) is 0 Å². The topological polar surface area (TPSA) is 69.6 Å². The van der Waals surface area contributed by atoms with Gasteiger partial charge in [-0.05, 0) is 49.4 Å². The number of carbonyl (C=O) groups is 2. The van der Waals surface area contributed by atoms with Crippen LogP contribution in [0.15, 0.2) is 18.2 Å². The molecule has 0 atom stereocenters. The molecule has 0 saturated carbocycles. The van der Waals surface area contributed by atoms with E-state index in [-0.39, 0.29) is 11.7 Å². The molecular formula is C23H36N2O3. The molecule has 2 rings (SSSR count). The maximum Gasteiger partial charge on any atom is 0.404 e. The average Bonchev–Trinajstić information content (AvgIpc) is 2.87. The minimum Gasteiger partial charge on any atom is -0.465 e. The van der Waals surface area contributed by atoms with E-state index in [1.807, 2.05) is 19.9 Å². The van der Waals surface area contributed by atoms with Crippen molar-refractivity contribution in [2.24, 2.45) is 5.92 Å². The Balaban J connectivity index is 1.64. The summed E-state index contributed by atoms with van der Waals surface area (Å²) in [5, 5.41) is 10.9. The first-order valence-electron chi connectivity index (χ1n) is 10.8. The van der Waals surface area contributed by atoms with Gasteiger partial charge in [-0.1, -0.05) is 51.7 Å². The van der Waals surface area contributed by atoms with Crippen LogP contribution in [-0.4, -0.2) is 48.1 Å². The Morgan fingerprint density at radius 3 is 2.32 bits per heavy atom. The molecule has 0 spiro atoms. The van der Waals surface area contributed by atoms with E-state index in [1.165, 1.54) is 36.8 Å². The second kappa shape index (κ2) is 11.8. The third-order valence-corrected chi connectivity index (χ3v) is 5.59. The van der Waals surface area contributed by atoms with Gasteiger partial charge >= 0.3 is 6.09 Å². The summed E-state index contributed by atoms with van der Waals surface area (Å²) in [6, 6.07) is 6.29. The molecule has 0 saturated heterocycles. The zero-order chi connectivity index (χ0) is 20.4. The number of carboxylic acid groups (broad SMARTS) is 1. The number of hydrogen-bond acceptors (Lipinski definition) is 3. The van der Waals surface area contributed by atoms with Crippen LogP contribution in [-0.2, 0) is 12.8 Å². The van der Waals surface area contributed by atoms with Crippen LogP contribution in [0.5, 0.6) is 0 Å². The second-order valence-corrected chi connectivity index (χ2v) is 8.20. The molecule has 1 heterocycles. The van der Waals surface area contributed by atoms with Gasteiger partial charge in [-0.25, -0.2) is 4.79 Å². The van der Waals surface area contributed by atoms with Crippen LogP contribution in [0.4, 0.5) is 4.79 Å². The molecule has 0 unspecified atom stereocenters. The molecule has 28 heavy (non-hydrogen) atoms. The Bertz CT molecular complexity index is 643. The summed E-state index contributed by atoms with van der Waals surface area (Å²) in [6.45, 7) is 7.81. The molecule has 0 fully saturated rings. The van der Waals surface area contributed by atoms with Crippen LogP contribution < -0.4 is 5.32 Å². The van der Waals surface area contributed by atoms with Crippen LogP contribution in [0.25, 0.3) is 0 Å². The van der Waals surface area contributed by atoms with Gasteiger partial charge in [0.15, 0.2) is 5.78 Å². The number of Topliss-reactive ketones (excluding diaryl/α,β-unsaturated/α-hetero) is 1. The number of ketones is 1. The highest BCUT2D eigenvalue weighted by molar-refractivity contribution is 5.97. The predicted molar refractivity (Wildman–Crippen MR) is 113 cm³/mol. The molecule has 1 aromatic carbocycles. The summed E-state index contributed by atoms with van der Waals surface area (Å²) in [5.74, 6) is 0.288. The third kappa shape index (κ3) is 7.63. The molecule has 0 radical (unpaired) electrons. The van der Waals surface area contributed by atoms with Gasteiger partial charge in [-0.2, -0.15) is 0 Å². The second-order valence-electron chi connectivity index (χ2n) is 8.20. The molecule has 5 nitrogen and oxygen atoms in total. The Kier molecular flexibility index (Phi) is 9.48. The number of fused-ring (bicyclic) bond motifs is 1. The minimum atomic E-state index is -0.928. The van der Waals surface area contributed by atoms with E-state index in [2.05, 4.69) is 22.3 Å². The summed E-state index contributed by atoms with van der Waals surface area (Å²) in [4.78, 5) is 25.2. The van der Waals surface area contributed by atoms with Crippen LogP contribution in [0.1, 0.15) is 73.9 Å². The van der Waals surface area contributed by atoms with Crippen molar-refractivity contribution >= 4 is 11.9 Å². The minimum absolute atomic E-state index is 0.0498. The maximum absolute atomic E-state index is 12.3. The smallest absolute Gasteiger partial charge is 0.404 e. The highest BCUT2D eigenvalue weighted by atomic mass is 16.4. The maximum atomic E-state index is 12.3. The van der Waals surface area contributed by atoms with Crippen molar-refractivity contribution < 1.29 is 14.7 Å². The van der Waals surface area contributed by atoms with Gasteiger partial charge < -0.3 is 15.3 Å². The lowest BCUT2D eigenvalue weighted by molar-refractivity contribution is 0.0939. The van der Waals surface area contributed by atoms with Crippen LogP contribution >= 0.6 is 0 Å². The van der Waals surface area contributed by atoms with Crippen LogP contribution in [0, 0.1) is 5.92 Å². The number of carbonyl (C=O) groups excluding carboxylic acids is 1. The molecular weight excluding hydrogens is 352 g/mol. The summed E-state index contributed by atoms with van der Waals surface area (Å²) in [7, 11) is 0. The lowest BCUT2D eigenvalue weighted by atomic mass is 9.95. The average molecular weight is 389 g/mol. The van der Waals surface area contributed by atoms with E-state index < -0.39 is 6.09 Å². The Labute approximate surface area is 169 Å². The number of benzene rings is 1. The van der Waals surface area contributed by atoms with Crippen molar-refractivity contribution in [3.8, 4) is 0 Å². The van der Waals surface area contributed by atoms with Crippen molar-refractivity contribution in [3.05, 3.63) is 34.9 Å². The van der Waals surface area contributed by atoms with Gasteiger partial charge in [-0.15, -0.1) is 0 Å². The molecule has 5 heteroatoms. The number of nitrogens with zero attached hydrogens (tertiary/aromatic N) is 1. The number of rotatable bonds is 11. The fraction of sp³-hybridized carbons (Fsp3) is 0.652. The molecule has 0 bridgehead atoms. The molecule has 2 N–H and O–H groups in total. The molecule has 1 amide bonds. The Hall–Kier alpha value is -1.88. The molecule has 1 aromatic rings. The van der Waals surface area contributed by atoms with Gasteiger partial charge in [0.1, 0.15) is 0 Å². The van der Waals surface area contributed by atoms with E-state index >= 15 is 0 Å². The number of hydrogen-bond donors (Lipinski definition) is 2. The molecule has 0 aliphatic carbocycles. The van der Waals surface area contributed by atoms with E-state index in [9.17, 15) is 9.59 Å².